The molecule has 1 aliphatic heterocycles. The highest BCUT2D eigenvalue weighted by Crippen LogP contribution is 2.30. The molecule has 156 valence electrons. The summed E-state index contributed by atoms with van der Waals surface area (Å²) in [6.45, 7) is 3.03. The van der Waals surface area contributed by atoms with Crippen LogP contribution in [0.4, 0.5) is 17.6 Å². The van der Waals surface area contributed by atoms with E-state index in [1.54, 1.807) is 6.20 Å². The summed E-state index contributed by atoms with van der Waals surface area (Å²) in [7, 11) is 0. The summed E-state index contributed by atoms with van der Waals surface area (Å²) >= 11 is 0. The molecule has 0 atom stereocenters. The minimum Gasteiger partial charge on any atom is -0.395 e. The summed E-state index contributed by atoms with van der Waals surface area (Å²) in [5.74, 6) is 2.79. The van der Waals surface area contributed by atoms with Crippen LogP contribution < -0.4 is 15.5 Å². The van der Waals surface area contributed by atoms with Gasteiger partial charge in [0.25, 0.3) is 0 Å². The van der Waals surface area contributed by atoms with Crippen molar-refractivity contribution in [2.45, 2.75) is 25.3 Å². The first-order valence-electron chi connectivity index (χ1n) is 10.5. The molecule has 7 heteroatoms. The van der Waals surface area contributed by atoms with Gasteiger partial charge < -0.3 is 20.6 Å². The van der Waals surface area contributed by atoms with Crippen molar-refractivity contribution in [2.75, 3.05) is 41.8 Å². The van der Waals surface area contributed by atoms with Gasteiger partial charge in [-0.25, -0.2) is 0 Å². The van der Waals surface area contributed by atoms with Crippen LogP contribution in [0, 0.1) is 0 Å². The topological polar surface area (TPSA) is 86.2 Å². The Hall–Kier alpha value is -3.19. The van der Waals surface area contributed by atoms with E-state index in [0.29, 0.717) is 30.8 Å². The van der Waals surface area contributed by atoms with Crippen molar-refractivity contribution in [2.24, 2.45) is 0 Å². The van der Waals surface area contributed by atoms with Gasteiger partial charge in [0.05, 0.1) is 6.61 Å². The summed E-state index contributed by atoms with van der Waals surface area (Å²) in [5.41, 5.74) is 2.49. The smallest absolute Gasteiger partial charge is 0.226 e. The van der Waals surface area contributed by atoms with Gasteiger partial charge in [0.2, 0.25) is 5.95 Å². The molecule has 0 amide bonds. The third-order valence-electron chi connectivity index (χ3n) is 5.39. The summed E-state index contributed by atoms with van der Waals surface area (Å²) < 4.78 is 0. The molecule has 1 saturated heterocycles. The van der Waals surface area contributed by atoms with Crippen LogP contribution in [0.1, 0.15) is 29.9 Å². The fourth-order valence-corrected chi connectivity index (χ4v) is 3.80. The van der Waals surface area contributed by atoms with Gasteiger partial charge in [-0.1, -0.05) is 36.4 Å². The molecule has 0 aliphatic carbocycles. The number of hydrogen-bond acceptors (Lipinski definition) is 7. The van der Waals surface area contributed by atoms with Gasteiger partial charge in [0.15, 0.2) is 0 Å². The number of nitrogens with zero attached hydrogens (tertiary/aromatic N) is 4. The number of hydrogen-bond donors (Lipinski definition) is 3. The number of benzene rings is 1. The Morgan fingerprint density at radius 1 is 1.00 bits per heavy atom. The molecule has 0 radical (unpaired) electrons. The molecule has 2 aromatic heterocycles. The first kappa shape index (κ1) is 20.1. The van der Waals surface area contributed by atoms with Crippen LogP contribution in [0.15, 0.2) is 60.9 Å². The number of anilines is 3. The number of pyridine rings is 1. The summed E-state index contributed by atoms with van der Waals surface area (Å²) in [6, 6.07) is 16.7. The molecule has 7 nitrogen and oxygen atoms in total. The van der Waals surface area contributed by atoms with E-state index < -0.39 is 0 Å². The van der Waals surface area contributed by atoms with Crippen LogP contribution >= 0.6 is 0 Å². The molecule has 1 fully saturated rings. The number of aliphatic hydroxyl groups is 1. The Morgan fingerprint density at radius 3 is 2.57 bits per heavy atom. The maximum absolute atomic E-state index is 9.17. The Bertz CT molecular complexity index is 913. The van der Waals surface area contributed by atoms with Crippen molar-refractivity contribution in [1.29, 1.82) is 0 Å². The Kier molecular flexibility index (Phi) is 6.72. The summed E-state index contributed by atoms with van der Waals surface area (Å²) in [5, 5.41) is 15.6. The van der Waals surface area contributed by atoms with E-state index in [9.17, 15) is 0 Å². The molecule has 0 spiro atoms. The SMILES string of the molecule is OCCNc1cc(N2CCC(c3ccccc3)CC2)nc(NCc2cccnc2)n1. The standard InChI is InChI=1S/C23H28N6O/c30-14-11-25-21-15-22(28-23(27-21)26-17-18-5-4-10-24-16-18)29-12-8-20(9-13-29)19-6-2-1-3-7-19/h1-7,10,15-16,20,30H,8-9,11-14,17H2,(H2,25,26,27,28). The predicted octanol–water partition coefficient (Wildman–Crippen LogP) is 3.27. The van der Waals surface area contributed by atoms with E-state index in [4.69, 9.17) is 10.1 Å². The minimum atomic E-state index is 0.0558. The molecule has 0 saturated carbocycles. The zero-order valence-corrected chi connectivity index (χ0v) is 17.0. The maximum atomic E-state index is 9.17. The first-order chi connectivity index (χ1) is 14.8. The molecule has 3 aromatic rings. The van der Waals surface area contributed by atoms with Crippen LogP contribution in [-0.2, 0) is 6.54 Å². The normalized spacial score (nSPS) is 14.5. The fraction of sp³-hybridized carbons (Fsp3) is 0.348. The van der Waals surface area contributed by atoms with Crippen molar-refractivity contribution in [3.05, 3.63) is 72.1 Å². The lowest BCUT2D eigenvalue weighted by Crippen LogP contribution is -2.33. The maximum Gasteiger partial charge on any atom is 0.226 e. The number of rotatable bonds is 8. The number of aromatic nitrogens is 3. The van der Waals surface area contributed by atoms with E-state index in [0.717, 1.165) is 37.3 Å². The summed E-state index contributed by atoms with van der Waals surface area (Å²) in [6.07, 6.45) is 5.80. The Labute approximate surface area is 177 Å². The van der Waals surface area contributed by atoms with Gasteiger partial charge in [-0.3, -0.25) is 4.98 Å². The largest absolute Gasteiger partial charge is 0.395 e. The van der Waals surface area contributed by atoms with Crippen molar-refractivity contribution < 1.29 is 5.11 Å². The molecule has 30 heavy (non-hydrogen) atoms. The third-order valence-corrected chi connectivity index (χ3v) is 5.39. The third kappa shape index (κ3) is 5.24. The summed E-state index contributed by atoms with van der Waals surface area (Å²) in [4.78, 5) is 15.8. The Morgan fingerprint density at radius 2 is 1.83 bits per heavy atom. The average molecular weight is 405 g/mol. The van der Waals surface area contributed by atoms with Crippen LogP contribution in [0.2, 0.25) is 0 Å². The lowest BCUT2D eigenvalue weighted by atomic mass is 9.89. The monoisotopic (exact) mass is 404 g/mol. The highest BCUT2D eigenvalue weighted by molar-refractivity contribution is 5.54. The molecule has 0 unspecified atom stereocenters. The van der Waals surface area contributed by atoms with Crippen LogP contribution in [-0.4, -0.2) is 46.3 Å². The van der Waals surface area contributed by atoms with Crippen molar-refractivity contribution in [3.8, 4) is 0 Å². The zero-order chi connectivity index (χ0) is 20.6. The molecule has 4 rings (SSSR count). The number of nitrogens with one attached hydrogen (secondary N) is 2. The highest BCUT2D eigenvalue weighted by atomic mass is 16.3. The number of aliphatic hydroxyl groups excluding tert-OH is 1. The van der Waals surface area contributed by atoms with Gasteiger partial charge in [0.1, 0.15) is 11.6 Å². The second kappa shape index (κ2) is 10.0. The lowest BCUT2D eigenvalue weighted by molar-refractivity contribution is 0.311. The quantitative estimate of drug-likeness (QED) is 0.531. The molecule has 0 bridgehead atoms. The van der Waals surface area contributed by atoms with Crippen molar-refractivity contribution in [1.82, 2.24) is 15.0 Å². The predicted molar refractivity (Wildman–Crippen MR) is 120 cm³/mol. The molecule has 1 aliphatic rings. The zero-order valence-electron chi connectivity index (χ0n) is 17.0. The Balaban J connectivity index is 1.46. The first-order valence-corrected chi connectivity index (χ1v) is 10.5. The van der Waals surface area contributed by atoms with E-state index in [2.05, 4.69) is 55.8 Å². The second-order valence-electron chi connectivity index (χ2n) is 7.47. The minimum absolute atomic E-state index is 0.0558. The van der Waals surface area contributed by atoms with E-state index in [1.165, 1.54) is 5.56 Å². The molecule has 1 aromatic carbocycles. The van der Waals surface area contributed by atoms with Gasteiger partial charge in [0, 0.05) is 44.6 Å². The molecular formula is C23H28N6O. The lowest BCUT2D eigenvalue weighted by Gasteiger charge is -2.33. The fourth-order valence-electron chi connectivity index (χ4n) is 3.80. The van der Waals surface area contributed by atoms with Crippen LogP contribution in [0.25, 0.3) is 0 Å². The van der Waals surface area contributed by atoms with E-state index in [-0.39, 0.29) is 6.61 Å². The van der Waals surface area contributed by atoms with Gasteiger partial charge >= 0.3 is 0 Å². The molecule has 3 heterocycles. The van der Waals surface area contributed by atoms with Crippen molar-refractivity contribution >= 4 is 17.6 Å². The second-order valence-corrected chi connectivity index (χ2v) is 7.47. The van der Waals surface area contributed by atoms with E-state index in [1.807, 2.05) is 24.4 Å². The molecular weight excluding hydrogens is 376 g/mol. The highest BCUT2D eigenvalue weighted by Gasteiger charge is 2.22. The van der Waals surface area contributed by atoms with E-state index >= 15 is 0 Å². The van der Waals surface area contributed by atoms with Crippen molar-refractivity contribution in [3.63, 3.8) is 0 Å². The van der Waals surface area contributed by atoms with Crippen LogP contribution in [0.5, 0.6) is 0 Å². The average Bonchev–Trinajstić information content (AvgIpc) is 2.83. The van der Waals surface area contributed by atoms with Crippen LogP contribution in [0.3, 0.4) is 0 Å². The molecule has 3 N–H and O–H groups in total. The number of piperidine rings is 1. The van der Waals surface area contributed by atoms with Gasteiger partial charge in [-0.15, -0.1) is 0 Å². The van der Waals surface area contributed by atoms with Gasteiger partial charge in [-0.2, -0.15) is 9.97 Å². The van der Waals surface area contributed by atoms with Gasteiger partial charge in [-0.05, 0) is 36.0 Å².